The summed E-state index contributed by atoms with van der Waals surface area (Å²) < 4.78 is 0. The second-order valence-electron chi connectivity index (χ2n) is 4.66. The van der Waals surface area contributed by atoms with Crippen LogP contribution in [0.4, 0.5) is 5.69 Å². The van der Waals surface area contributed by atoms with Crippen LogP contribution in [0.15, 0.2) is 18.2 Å². The van der Waals surface area contributed by atoms with Crippen LogP contribution in [-0.4, -0.2) is 30.3 Å². The highest BCUT2D eigenvalue weighted by Crippen LogP contribution is 2.33. The number of nitrogens with zero attached hydrogens (tertiary/aromatic N) is 2. The summed E-state index contributed by atoms with van der Waals surface area (Å²) in [6.45, 7) is 1.59. The van der Waals surface area contributed by atoms with E-state index in [1.54, 1.807) is 18.2 Å². The van der Waals surface area contributed by atoms with Gasteiger partial charge in [0.05, 0.1) is 21.9 Å². The zero-order valence-electron chi connectivity index (χ0n) is 10.1. The van der Waals surface area contributed by atoms with Crippen molar-refractivity contribution in [3.63, 3.8) is 0 Å². The van der Waals surface area contributed by atoms with Gasteiger partial charge in [-0.15, -0.1) is 0 Å². The van der Waals surface area contributed by atoms with Crippen molar-refractivity contribution >= 4 is 17.3 Å². The number of halogens is 1. The van der Waals surface area contributed by atoms with Crippen molar-refractivity contribution in [3.8, 4) is 6.07 Å². The summed E-state index contributed by atoms with van der Waals surface area (Å²) in [7, 11) is 0. The van der Waals surface area contributed by atoms with E-state index in [0.29, 0.717) is 36.5 Å². The lowest BCUT2D eigenvalue weighted by Gasteiger charge is -2.39. The zero-order valence-corrected chi connectivity index (χ0v) is 10.8. The van der Waals surface area contributed by atoms with Crippen LogP contribution >= 0.6 is 11.6 Å². The number of nitriles is 1. The highest BCUT2D eigenvalue weighted by Gasteiger charge is 2.32. The van der Waals surface area contributed by atoms with Gasteiger partial charge in [0.2, 0.25) is 0 Å². The van der Waals surface area contributed by atoms with E-state index in [9.17, 15) is 5.11 Å². The second kappa shape index (κ2) is 5.15. The molecule has 18 heavy (non-hydrogen) atoms. The molecule has 96 valence electrons. The Balaban J connectivity index is 2.23. The summed E-state index contributed by atoms with van der Waals surface area (Å²) in [6, 6.07) is 7.46. The van der Waals surface area contributed by atoms with Gasteiger partial charge in [-0.1, -0.05) is 17.7 Å². The Labute approximate surface area is 112 Å². The first-order valence-electron chi connectivity index (χ1n) is 5.96. The molecular formula is C13H16ClN3O. The minimum Gasteiger partial charge on any atom is -0.388 e. The Morgan fingerprint density at radius 1 is 1.44 bits per heavy atom. The summed E-state index contributed by atoms with van der Waals surface area (Å²) in [5.74, 6) is 0. The predicted octanol–water partition coefficient (Wildman–Crippen LogP) is 1.50. The van der Waals surface area contributed by atoms with Gasteiger partial charge < -0.3 is 15.7 Å². The lowest BCUT2D eigenvalue weighted by Crippen LogP contribution is -2.49. The quantitative estimate of drug-likeness (QED) is 0.850. The third-order valence-electron chi connectivity index (χ3n) is 3.50. The fourth-order valence-electron chi connectivity index (χ4n) is 2.28. The Morgan fingerprint density at radius 2 is 2.11 bits per heavy atom. The van der Waals surface area contributed by atoms with E-state index in [2.05, 4.69) is 6.07 Å². The van der Waals surface area contributed by atoms with Gasteiger partial charge >= 0.3 is 0 Å². The predicted molar refractivity (Wildman–Crippen MR) is 71.6 cm³/mol. The van der Waals surface area contributed by atoms with Gasteiger partial charge in [0.25, 0.3) is 0 Å². The van der Waals surface area contributed by atoms with E-state index < -0.39 is 5.60 Å². The molecule has 1 aliphatic heterocycles. The molecule has 0 unspecified atom stereocenters. The van der Waals surface area contributed by atoms with Crippen LogP contribution in [-0.2, 0) is 0 Å². The first-order chi connectivity index (χ1) is 8.59. The number of para-hydroxylation sites is 1. The molecule has 0 saturated carbocycles. The lowest BCUT2D eigenvalue weighted by atomic mass is 9.91. The Kier molecular flexibility index (Phi) is 3.76. The van der Waals surface area contributed by atoms with Crippen molar-refractivity contribution in [2.24, 2.45) is 5.73 Å². The number of hydrogen-bond acceptors (Lipinski definition) is 4. The first kappa shape index (κ1) is 13.2. The second-order valence-corrected chi connectivity index (χ2v) is 5.07. The molecule has 1 aliphatic rings. The number of rotatable bonds is 2. The van der Waals surface area contributed by atoms with Gasteiger partial charge in [-0.3, -0.25) is 0 Å². The van der Waals surface area contributed by atoms with Crippen LogP contribution in [0, 0.1) is 11.3 Å². The van der Waals surface area contributed by atoms with Gasteiger partial charge in [-0.25, -0.2) is 0 Å². The van der Waals surface area contributed by atoms with Crippen molar-refractivity contribution in [1.29, 1.82) is 5.26 Å². The maximum Gasteiger partial charge on any atom is 0.101 e. The number of aliphatic hydroxyl groups is 1. The Hall–Kier alpha value is -1.28. The zero-order chi connectivity index (χ0) is 13.2. The minimum atomic E-state index is -0.773. The summed E-state index contributed by atoms with van der Waals surface area (Å²) in [6.07, 6.45) is 1.19. The van der Waals surface area contributed by atoms with E-state index in [1.165, 1.54) is 0 Å². The Bertz CT molecular complexity index is 476. The number of anilines is 1. The minimum absolute atomic E-state index is 0.272. The molecule has 0 bridgehead atoms. The maximum atomic E-state index is 10.1. The summed E-state index contributed by atoms with van der Waals surface area (Å²) in [5.41, 5.74) is 6.12. The highest BCUT2D eigenvalue weighted by molar-refractivity contribution is 6.33. The Morgan fingerprint density at radius 3 is 2.67 bits per heavy atom. The smallest absolute Gasteiger partial charge is 0.101 e. The van der Waals surface area contributed by atoms with E-state index in [1.807, 2.05) is 4.90 Å². The van der Waals surface area contributed by atoms with Crippen molar-refractivity contribution in [2.75, 3.05) is 24.5 Å². The van der Waals surface area contributed by atoms with Crippen LogP contribution < -0.4 is 10.6 Å². The molecule has 1 heterocycles. The highest BCUT2D eigenvalue weighted by atomic mass is 35.5. The SMILES string of the molecule is N#Cc1cccc(Cl)c1N1CCC(O)(CN)CC1. The lowest BCUT2D eigenvalue weighted by molar-refractivity contribution is 0.0250. The van der Waals surface area contributed by atoms with E-state index in [0.717, 1.165) is 5.69 Å². The van der Waals surface area contributed by atoms with Crippen LogP contribution in [0.1, 0.15) is 18.4 Å². The average molecular weight is 266 g/mol. The van der Waals surface area contributed by atoms with Crippen molar-refractivity contribution in [3.05, 3.63) is 28.8 Å². The molecule has 1 aromatic rings. The number of hydrogen-bond donors (Lipinski definition) is 2. The molecule has 0 aromatic heterocycles. The molecule has 1 fully saturated rings. The molecule has 0 atom stereocenters. The standard InChI is InChI=1S/C13H16ClN3O/c14-11-3-1-2-10(8-15)12(11)17-6-4-13(18,9-16)5-7-17/h1-3,18H,4-7,9,16H2. The number of benzene rings is 1. The molecule has 0 spiro atoms. The molecular weight excluding hydrogens is 250 g/mol. The summed E-state index contributed by atoms with van der Waals surface area (Å²) in [5, 5.41) is 19.8. The van der Waals surface area contributed by atoms with Gasteiger partial charge in [0, 0.05) is 19.6 Å². The third kappa shape index (κ3) is 2.44. The monoisotopic (exact) mass is 265 g/mol. The van der Waals surface area contributed by atoms with Crippen LogP contribution in [0.3, 0.4) is 0 Å². The number of nitrogens with two attached hydrogens (primary N) is 1. The molecule has 2 rings (SSSR count). The van der Waals surface area contributed by atoms with Crippen molar-refractivity contribution in [2.45, 2.75) is 18.4 Å². The van der Waals surface area contributed by atoms with Gasteiger partial charge in [0.1, 0.15) is 6.07 Å². The molecule has 5 heteroatoms. The largest absolute Gasteiger partial charge is 0.388 e. The molecule has 3 N–H and O–H groups in total. The van der Waals surface area contributed by atoms with Gasteiger partial charge in [-0.05, 0) is 25.0 Å². The molecule has 4 nitrogen and oxygen atoms in total. The topological polar surface area (TPSA) is 73.3 Å². The van der Waals surface area contributed by atoms with Crippen LogP contribution in [0.5, 0.6) is 0 Å². The van der Waals surface area contributed by atoms with Crippen molar-refractivity contribution in [1.82, 2.24) is 0 Å². The van der Waals surface area contributed by atoms with Gasteiger partial charge in [0.15, 0.2) is 0 Å². The average Bonchev–Trinajstić information content (AvgIpc) is 2.40. The fraction of sp³-hybridized carbons (Fsp3) is 0.462. The normalized spacial score (nSPS) is 18.4. The van der Waals surface area contributed by atoms with E-state index >= 15 is 0 Å². The summed E-state index contributed by atoms with van der Waals surface area (Å²) in [4.78, 5) is 2.05. The van der Waals surface area contributed by atoms with Crippen LogP contribution in [0.25, 0.3) is 0 Å². The molecule has 1 aromatic carbocycles. The van der Waals surface area contributed by atoms with Crippen LogP contribution in [0.2, 0.25) is 5.02 Å². The summed E-state index contributed by atoms with van der Waals surface area (Å²) >= 11 is 6.17. The fourth-order valence-corrected chi connectivity index (χ4v) is 2.57. The van der Waals surface area contributed by atoms with E-state index in [4.69, 9.17) is 22.6 Å². The molecule has 0 radical (unpaired) electrons. The maximum absolute atomic E-state index is 10.1. The third-order valence-corrected chi connectivity index (χ3v) is 3.80. The molecule has 1 saturated heterocycles. The van der Waals surface area contributed by atoms with Gasteiger partial charge in [-0.2, -0.15) is 5.26 Å². The molecule has 0 amide bonds. The first-order valence-corrected chi connectivity index (χ1v) is 6.33. The van der Waals surface area contributed by atoms with Crippen molar-refractivity contribution < 1.29 is 5.11 Å². The number of piperidine rings is 1. The molecule has 0 aliphatic carbocycles. The van der Waals surface area contributed by atoms with E-state index in [-0.39, 0.29) is 6.54 Å².